The van der Waals surface area contributed by atoms with Gasteiger partial charge in [0.25, 0.3) is 0 Å². The van der Waals surface area contributed by atoms with Crippen LogP contribution in [0.1, 0.15) is 20.7 Å². The van der Waals surface area contributed by atoms with E-state index >= 15 is 0 Å². The fraction of sp³-hybridized carbons (Fsp3) is 0.176. The van der Waals surface area contributed by atoms with Crippen LogP contribution in [0.4, 0.5) is 17.6 Å². The number of hydrogen-bond acceptors (Lipinski definition) is 8. The Labute approximate surface area is 242 Å². The number of hydrogen-bond donors (Lipinski definition) is 0. The van der Waals surface area contributed by atoms with E-state index in [0.29, 0.717) is 13.7 Å². The molecule has 1 unspecified atom stereocenters. The van der Waals surface area contributed by atoms with Crippen molar-refractivity contribution < 1.29 is 54.3 Å². The van der Waals surface area contributed by atoms with Gasteiger partial charge < -0.3 is 18.8 Å². The highest BCUT2D eigenvalue weighted by Crippen LogP contribution is 2.36. The van der Waals surface area contributed by atoms with Gasteiger partial charge in [0.15, 0.2) is 11.6 Å². The normalized spacial score (nSPS) is 15.3. The quantitative estimate of drug-likeness (QED) is 0.0614. The van der Waals surface area contributed by atoms with Gasteiger partial charge in [-0.1, -0.05) is 0 Å². The van der Waals surface area contributed by atoms with E-state index in [9.17, 15) is 40.1 Å². The zero-order valence-electron chi connectivity index (χ0n) is 15.7. The SMILES string of the molecule is O=C(OCC1CO1)c1c(I)c(I)c(I)c(I)c1C(=O)Oc1c(F)c(F)c(S(=O)(=O)[O-])c(F)c1F. The first-order valence-corrected chi connectivity index (χ1v) is 14.1. The van der Waals surface area contributed by atoms with Crippen molar-refractivity contribution in [1.29, 1.82) is 0 Å². The lowest BCUT2D eigenvalue weighted by molar-refractivity contribution is 0.0467. The van der Waals surface area contributed by atoms with Gasteiger partial charge in [-0.05, 0) is 90.4 Å². The third-order valence-corrected chi connectivity index (χ3v) is 12.4. The van der Waals surface area contributed by atoms with Crippen LogP contribution in [-0.2, 0) is 19.6 Å². The lowest BCUT2D eigenvalue weighted by Gasteiger charge is -2.17. The molecule has 1 heterocycles. The Morgan fingerprint density at radius 2 is 1.32 bits per heavy atom. The van der Waals surface area contributed by atoms with E-state index in [-0.39, 0.29) is 25.4 Å². The molecule has 0 N–H and O–H groups in total. The molecular weight excluding hydrogens is 948 g/mol. The van der Waals surface area contributed by atoms with Crippen molar-refractivity contribution in [2.75, 3.05) is 13.2 Å². The van der Waals surface area contributed by atoms with Gasteiger partial charge in [-0.15, -0.1) is 0 Å². The highest BCUT2D eigenvalue weighted by Gasteiger charge is 2.35. The molecule has 8 nitrogen and oxygen atoms in total. The topological polar surface area (TPSA) is 122 Å². The Hall–Kier alpha value is -0.110. The minimum Gasteiger partial charge on any atom is -0.744 e. The van der Waals surface area contributed by atoms with Crippen molar-refractivity contribution in [3.05, 3.63) is 48.7 Å². The summed E-state index contributed by atoms with van der Waals surface area (Å²) in [6.45, 7) is 0.235. The predicted molar refractivity (Wildman–Crippen MR) is 137 cm³/mol. The van der Waals surface area contributed by atoms with Crippen LogP contribution >= 0.6 is 90.4 Å². The maximum atomic E-state index is 14.3. The van der Waals surface area contributed by atoms with Gasteiger partial charge >= 0.3 is 11.9 Å². The van der Waals surface area contributed by atoms with E-state index in [4.69, 9.17) is 9.47 Å². The maximum Gasteiger partial charge on any atom is 0.345 e. The fourth-order valence-electron chi connectivity index (χ4n) is 2.46. The van der Waals surface area contributed by atoms with Crippen LogP contribution in [0, 0.1) is 37.5 Å². The van der Waals surface area contributed by atoms with Crippen LogP contribution < -0.4 is 4.74 Å². The summed E-state index contributed by atoms with van der Waals surface area (Å²) in [5, 5.41) is 0. The van der Waals surface area contributed by atoms with Gasteiger partial charge in [0.1, 0.15) is 27.7 Å². The molecule has 0 spiro atoms. The van der Waals surface area contributed by atoms with Crippen molar-refractivity contribution in [1.82, 2.24) is 0 Å². The summed E-state index contributed by atoms with van der Waals surface area (Å²) in [5.74, 6) is -14.5. The summed E-state index contributed by atoms with van der Waals surface area (Å²) < 4.78 is 106. The number of ether oxygens (including phenoxy) is 3. The lowest BCUT2D eigenvalue weighted by atomic mass is 10.1. The van der Waals surface area contributed by atoms with Crippen LogP contribution in [0.5, 0.6) is 5.75 Å². The van der Waals surface area contributed by atoms with E-state index in [1.54, 1.807) is 45.2 Å². The number of carbonyl (C=O) groups is 2. The van der Waals surface area contributed by atoms with E-state index in [1.807, 2.05) is 45.2 Å². The Morgan fingerprint density at radius 3 is 1.74 bits per heavy atom. The largest absolute Gasteiger partial charge is 0.744 e. The third-order valence-electron chi connectivity index (χ3n) is 4.11. The molecule has 1 atom stereocenters. The fourth-order valence-corrected chi connectivity index (χ4v) is 6.71. The van der Waals surface area contributed by atoms with Gasteiger partial charge in [0.05, 0.1) is 17.7 Å². The molecule has 184 valence electrons. The molecular formula is C17H5F4I4O8S-. The van der Waals surface area contributed by atoms with Crippen LogP contribution in [0.25, 0.3) is 0 Å². The van der Waals surface area contributed by atoms with Crippen molar-refractivity contribution >= 4 is 112 Å². The number of carbonyl (C=O) groups excluding carboxylic acids is 2. The minimum atomic E-state index is -5.95. The average molecular weight is 953 g/mol. The molecule has 0 aromatic heterocycles. The average Bonchev–Trinajstić information content (AvgIpc) is 3.58. The second-order valence-electron chi connectivity index (χ2n) is 6.32. The van der Waals surface area contributed by atoms with Gasteiger partial charge in [-0.25, -0.2) is 26.8 Å². The molecule has 17 heteroatoms. The van der Waals surface area contributed by atoms with Gasteiger partial charge in [0, 0.05) is 14.3 Å². The van der Waals surface area contributed by atoms with E-state index < -0.39 is 61.5 Å². The van der Waals surface area contributed by atoms with Crippen molar-refractivity contribution in [2.24, 2.45) is 0 Å². The maximum absolute atomic E-state index is 14.3. The third kappa shape index (κ3) is 5.57. The molecule has 1 aliphatic heterocycles. The Balaban J connectivity index is 2.13. The molecule has 0 saturated carbocycles. The molecule has 2 aromatic carbocycles. The highest BCUT2D eigenvalue weighted by atomic mass is 127. The summed E-state index contributed by atoms with van der Waals surface area (Å²) in [7, 11) is -5.95. The van der Waals surface area contributed by atoms with Crippen LogP contribution in [0.3, 0.4) is 0 Å². The number of rotatable bonds is 6. The summed E-state index contributed by atoms with van der Waals surface area (Å²) >= 11 is 7.12. The number of epoxide rings is 1. The summed E-state index contributed by atoms with van der Waals surface area (Å²) in [6.07, 6.45) is -0.316. The molecule has 0 amide bonds. The first-order valence-electron chi connectivity index (χ1n) is 8.37. The molecule has 3 rings (SSSR count). The predicted octanol–water partition coefficient (Wildman–Crippen LogP) is 4.34. The summed E-state index contributed by atoms with van der Waals surface area (Å²) in [4.78, 5) is 23.2. The molecule has 1 saturated heterocycles. The molecule has 1 fully saturated rings. The number of halogens is 8. The van der Waals surface area contributed by atoms with Crippen molar-refractivity contribution in [3.63, 3.8) is 0 Å². The number of benzene rings is 2. The number of esters is 2. The van der Waals surface area contributed by atoms with Crippen molar-refractivity contribution in [2.45, 2.75) is 11.0 Å². The first kappa shape index (κ1) is 28.5. The monoisotopic (exact) mass is 953 g/mol. The van der Waals surface area contributed by atoms with Gasteiger partial charge in [-0.2, -0.15) is 8.78 Å². The highest BCUT2D eigenvalue weighted by molar-refractivity contribution is 14.1. The standard InChI is InChI=1S/C17H6F4I4O8S/c18-6-8(20)15(34(28,29)30)9(21)7(19)14(6)33-17(27)5-4(16(26)32-2-3-1-31-3)10(22)12(24)13(25)11(5)23/h3H,1-2H2,(H,28,29,30)/p-1. The zero-order valence-corrected chi connectivity index (χ0v) is 25.1. The zero-order chi connectivity index (χ0) is 25.7. The lowest BCUT2D eigenvalue weighted by Crippen LogP contribution is -2.23. The first-order chi connectivity index (χ1) is 15.7. The Bertz CT molecular complexity index is 1320. The molecule has 2 aromatic rings. The molecule has 34 heavy (non-hydrogen) atoms. The Morgan fingerprint density at radius 1 is 0.882 bits per heavy atom. The van der Waals surface area contributed by atoms with E-state index in [2.05, 4.69) is 4.74 Å². The van der Waals surface area contributed by atoms with E-state index in [1.165, 1.54) is 0 Å². The second kappa shape index (κ2) is 10.7. The Kier molecular flexibility index (Phi) is 8.96. The second-order valence-corrected chi connectivity index (χ2v) is 11.9. The van der Waals surface area contributed by atoms with Crippen LogP contribution in [0.2, 0.25) is 0 Å². The van der Waals surface area contributed by atoms with Crippen LogP contribution in [-0.4, -0.2) is 44.2 Å². The summed E-state index contributed by atoms with van der Waals surface area (Å²) in [6, 6.07) is 0. The molecule has 1 aliphatic rings. The molecule has 0 aliphatic carbocycles. The van der Waals surface area contributed by atoms with Gasteiger partial charge in [0.2, 0.25) is 17.4 Å². The van der Waals surface area contributed by atoms with E-state index in [0.717, 1.165) is 0 Å². The molecule has 0 radical (unpaired) electrons. The van der Waals surface area contributed by atoms with Crippen molar-refractivity contribution in [3.8, 4) is 5.75 Å². The molecule has 0 bridgehead atoms. The smallest absolute Gasteiger partial charge is 0.345 e. The van der Waals surface area contributed by atoms with Gasteiger partial charge in [-0.3, -0.25) is 0 Å². The summed E-state index contributed by atoms with van der Waals surface area (Å²) in [5.41, 5.74) is -0.849. The minimum absolute atomic E-state index is 0.100. The van der Waals surface area contributed by atoms with Crippen LogP contribution in [0.15, 0.2) is 4.90 Å².